The van der Waals surface area contributed by atoms with E-state index in [1.165, 1.54) is 14.2 Å². The van der Waals surface area contributed by atoms with Gasteiger partial charge < -0.3 is 29.0 Å². The van der Waals surface area contributed by atoms with E-state index in [4.69, 9.17) is 23.7 Å². The Labute approximate surface area is 234 Å². The van der Waals surface area contributed by atoms with Crippen LogP contribution in [0.1, 0.15) is 50.2 Å². The first-order valence-electron chi connectivity index (χ1n) is 13.2. The van der Waals surface area contributed by atoms with Crippen LogP contribution < -0.4 is 19.5 Å². The van der Waals surface area contributed by atoms with Crippen LogP contribution in [0, 0.1) is 5.92 Å². The van der Waals surface area contributed by atoms with E-state index in [-0.39, 0.29) is 13.2 Å². The summed E-state index contributed by atoms with van der Waals surface area (Å²) in [5.41, 5.74) is 3.17. The van der Waals surface area contributed by atoms with Crippen molar-refractivity contribution >= 4 is 17.7 Å². The summed E-state index contributed by atoms with van der Waals surface area (Å²) in [7, 11) is 4.60. The fraction of sp³-hybridized carbons (Fsp3) is 0.387. The smallest absolute Gasteiger partial charge is 0.336 e. The number of ketones is 1. The van der Waals surface area contributed by atoms with E-state index >= 15 is 0 Å². The lowest BCUT2D eigenvalue weighted by atomic mass is 9.67. The number of dihydropyridines is 1. The Morgan fingerprint density at radius 3 is 2.23 bits per heavy atom. The van der Waals surface area contributed by atoms with Gasteiger partial charge in [0.2, 0.25) is 0 Å². The second-order valence-corrected chi connectivity index (χ2v) is 9.47. The average Bonchev–Trinajstić information content (AvgIpc) is 2.95. The summed E-state index contributed by atoms with van der Waals surface area (Å²) in [6, 6.07) is 12.6. The van der Waals surface area contributed by atoms with Crippen molar-refractivity contribution in [1.29, 1.82) is 0 Å². The third-order valence-electron chi connectivity index (χ3n) is 7.33. The molecule has 0 aromatic heterocycles. The Kier molecular flexibility index (Phi) is 8.82. The van der Waals surface area contributed by atoms with Gasteiger partial charge in [-0.1, -0.05) is 24.3 Å². The van der Waals surface area contributed by atoms with E-state index in [0.29, 0.717) is 51.8 Å². The molecule has 1 aliphatic carbocycles. The van der Waals surface area contributed by atoms with Gasteiger partial charge in [0.05, 0.1) is 40.1 Å². The molecule has 0 bridgehead atoms. The number of esters is 2. The number of rotatable bonds is 9. The van der Waals surface area contributed by atoms with E-state index in [1.54, 1.807) is 52.1 Å². The van der Waals surface area contributed by atoms with Crippen LogP contribution >= 0.6 is 0 Å². The molecule has 1 heterocycles. The number of Topliss-reactive ketones (excluding diaryl/α,β-unsaturated/α-hetero) is 1. The van der Waals surface area contributed by atoms with Gasteiger partial charge in [-0.2, -0.15) is 0 Å². The quantitative estimate of drug-likeness (QED) is 0.359. The summed E-state index contributed by atoms with van der Waals surface area (Å²) in [6.45, 7) is 5.49. The molecule has 0 saturated heterocycles. The first kappa shape index (κ1) is 28.7. The number of nitrogens with one attached hydrogen (secondary N) is 1. The predicted octanol–water partition coefficient (Wildman–Crippen LogP) is 4.43. The molecule has 2 aliphatic rings. The van der Waals surface area contributed by atoms with Gasteiger partial charge in [0.25, 0.3) is 0 Å². The highest BCUT2D eigenvalue weighted by Crippen LogP contribution is 2.50. The van der Waals surface area contributed by atoms with E-state index in [1.807, 2.05) is 18.2 Å². The van der Waals surface area contributed by atoms with Crippen molar-refractivity contribution < 1.29 is 38.1 Å². The highest BCUT2D eigenvalue weighted by atomic mass is 16.5. The van der Waals surface area contributed by atoms with Crippen molar-refractivity contribution in [3.8, 4) is 17.2 Å². The lowest BCUT2D eigenvalue weighted by molar-refractivity contribution is -0.152. The largest absolute Gasteiger partial charge is 0.496 e. The van der Waals surface area contributed by atoms with Crippen LogP contribution in [0.4, 0.5) is 0 Å². The topological polar surface area (TPSA) is 109 Å². The maximum Gasteiger partial charge on any atom is 0.336 e. The minimum absolute atomic E-state index is 0.123. The molecule has 1 N–H and O–H groups in total. The number of hydrogen-bond donors (Lipinski definition) is 1. The average molecular weight is 550 g/mol. The molecule has 9 nitrogen and oxygen atoms in total. The van der Waals surface area contributed by atoms with Crippen molar-refractivity contribution in [2.24, 2.45) is 5.92 Å². The molecule has 4 rings (SSSR count). The molecule has 2 aromatic carbocycles. The molecular weight excluding hydrogens is 514 g/mol. The number of allylic oxidation sites excluding steroid dienone is 3. The zero-order chi connectivity index (χ0) is 29.0. The zero-order valence-electron chi connectivity index (χ0n) is 23.7. The van der Waals surface area contributed by atoms with E-state index < -0.39 is 35.5 Å². The van der Waals surface area contributed by atoms with Gasteiger partial charge >= 0.3 is 11.9 Å². The number of ether oxygens (including phenoxy) is 5. The van der Waals surface area contributed by atoms with Gasteiger partial charge in [0, 0.05) is 28.8 Å². The van der Waals surface area contributed by atoms with Gasteiger partial charge in [0.1, 0.15) is 11.7 Å². The summed E-state index contributed by atoms with van der Waals surface area (Å²) in [5, 5.41) is 3.31. The number of benzene rings is 2. The van der Waals surface area contributed by atoms with E-state index in [2.05, 4.69) is 5.32 Å². The lowest BCUT2D eigenvalue weighted by Crippen LogP contribution is -2.43. The summed E-state index contributed by atoms with van der Waals surface area (Å²) >= 11 is 0. The van der Waals surface area contributed by atoms with Crippen LogP contribution in [0.5, 0.6) is 17.2 Å². The van der Waals surface area contributed by atoms with E-state index in [0.717, 1.165) is 5.56 Å². The Balaban J connectivity index is 1.95. The highest BCUT2D eigenvalue weighted by molar-refractivity contribution is 6.13. The second kappa shape index (κ2) is 12.3. The Morgan fingerprint density at radius 2 is 1.57 bits per heavy atom. The molecule has 0 saturated carbocycles. The predicted molar refractivity (Wildman–Crippen MR) is 147 cm³/mol. The van der Waals surface area contributed by atoms with Crippen molar-refractivity contribution in [2.45, 2.75) is 39.0 Å². The molecule has 3 atom stereocenters. The van der Waals surface area contributed by atoms with Crippen LogP contribution in [-0.4, -0.2) is 52.3 Å². The van der Waals surface area contributed by atoms with Crippen molar-refractivity contribution in [2.75, 3.05) is 34.5 Å². The zero-order valence-corrected chi connectivity index (χ0v) is 23.7. The number of para-hydroxylation sites is 1. The number of methoxy groups -OCH3 is 3. The third-order valence-corrected chi connectivity index (χ3v) is 7.33. The molecule has 2 aromatic rings. The number of hydrogen-bond acceptors (Lipinski definition) is 9. The number of carbonyl (C=O) groups is 3. The monoisotopic (exact) mass is 549 g/mol. The van der Waals surface area contributed by atoms with Gasteiger partial charge in [-0.3, -0.25) is 9.59 Å². The standard InChI is InChI=1S/C31H35NO8/c1-7-39-30(34)25-17(3)32-21-16-20(19-11-9-10-12-22(19)36-4)27(31(35)40-8-2)29(33)28(21)26(25)18-13-14-23(37-5)24(15-18)38-6/h9-15,20,26-27,32H,7-8,16H2,1-6H3/t20-,26+,27-/m0/s1. The molecule has 1 aliphatic heterocycles. The summed E-state index contributed by atoms with van der Waals surface area (Å²) in [5.74, 6) is -2.56. The van der Waals surface area contributed by atoms with Crippen LogP contribution in [-0.2, 0) is 23.9 Å². The first-order chi connectivity index (χ1) is 19.3. The second-order valence-electron chi connectivity index (χ2n) is 9.47. The van der Waals surface area contributed by atoms with Crippen LogP contribution in [0.15, 0.2) is 65.0 Å². The van der Waals surface area contributed by atoms with Crippen molar-refractivity contribution in [3.63, 3.8) is 0 Å². The van der Waals surface area contributed by atoms with Crippen LogP contribution in [0.2, 0.25) is 0 Å². The number of carbonyl (C=O) groups excluding carboxylic acids is 3. The lowest BCUT2D eigenvalue weighted by Gasteiger charge is -2.39. The van der Waals surface area contributed by atoms with Gasteiger partial charge in [0.15, 0.2) is 17.3 Å². The molecule has 40 heavy (non-hydrogen) atoms. The van der Waals surface area contributed by atoms with Gasteiger partial charge in [-0.25, -0.2) is 4.79 Å². The molecule has 9 heteroatoms. The molecule has 0 radical (unpaired) electrons. The first-order valence-corrected chi connectivity index (χ1v) is 13.2. The maximum atomic E-state index is 14.5. The normalized spacial score (nSPS) is 20.4. The van der Waals surface area contributed by atoms with Crippen molar-refractivity contribution in [3.05, 3.63) is 76.1 Å². The fourth-order valence-corrected chi connectivity index (χ4v) is 5.65. The molecular formula is C31H35NO8. The van der Waals surface area contributed by atoms with Gasteiger partial charge in [-0.15, -0.1) is 0 Å². The maximum absolute atomic E-state index is 14.5. The van der Waals surface area contributed by atoms with Gasteiger partial charge in [-0.05, 0) is 56.5 Å². The van der Waals surface area contributed by atoms with Crippen LogP contribution in [0.3, 0.4) is 0 Å². The summed E-state index contributed by atoms with van der Waals surface area (Å²) in [6.07, 6.45) is 0.322. The van der Waals surface area contributed by atoms with Crippen LogP contribution in [0.25, 0.3) is 0 Å². The summed E-state index contributed by atoms with van der Waals surface area (Å²) < 4.78 is 27.4. The molecule has 0 fully saturated rings. The third kappa shape index (κ3) is 5.15. The molecule has 0 amide bonds. The molecule has 212 valence electrons. The fourth-order valence-electron chi connectivity index (χ4n) is 5.65. The van der Waals surface area contributed by atoms with E-state index in [9.17, 15) is 14.4 Å². The minimum atomic E-state index is -1.14. The SMILES string of the molecule is CCOC(=O)C1=C(C)NC2=C(C(=O)[C@@H](C(=O)OCC)[C@H](c3ccccc3OC)C2)[C@@H]1c1ccc(OC)c(OC)c1. The van der Waals surface area contributed by atoms with Crippen molar-refractivity contribution in [1.82, 2.24) is 5.32 Å². The minimum Gasteiger partial charge on any atom is -0.496 e. The Hall–Kier alpha value is -4.27. The Bertz CT molecular complexity index is 1380. The molecule has 0 spiro atoms. The highest BCUT2D eigenvalue weighted by Gasteiger charge is 2.49. The Morgan fingerprint density at radius 1 is 0.900 bits per heavy atom. The summed E-state index contributed by atoms with van der Waals surface area (Å²) in [4.78, 5) is 41.2. The molecule has 0 unspecified atom stereocenters.